The van der Waals surface area contributed by atoms with Gasteiger partial charge in [0, 0.05) is 29.8 Å². The van der Waals surface area contributed by atoms with Gasteiger partial charge in [-0.15, -0.1) is 0 Å². The van der Waals surface area contributed by atoms with Crippen LogP contribution in [0.3, 0.4) is 0 Å². The lowest BCUT2D eigenvalue weighted by Gasteiger charge is -2.10. The second kappa shape index (κ2) is 7.23. The van der Waals surface area contributed by atoms with Crippen LogP contribution >= 0.6 is 27.5 Å². The second-order valence-corrected chi connectivity index (χ2v) is 6.23. The normalized spacial score (nSPS) is 10.8. The molecule has 7 heteroatoms. The minimum Gasteiger partial charge on any atom is -0.490 e. The molecule has 0 aliphatic carbocycles. The highest BCUT2D eigenvalue weighted by molar-refractivity contribution is 9.10. The Labute approximate surface area is 151 Å². The summed E-state index contributed by atoms with van der Waals surface area (Å²) in [5.41, 5.74) is 0.994. The van der Waals surface area contributed by atoms with Crippen molar-refractivity contribution in [3.05, 3.63) is 62.1 Å². The summed E-state index contributed by atoms with van der Waals surface area (Å²) in [6.07, 6.45) is 1.53. The lowest BCUT2D eigenvalue weighted by Crippen LogP contribution is -2.09. The minimum absolute atomic E-state index is 0.316. The SMILES string of the molecule is Cc1cc(=O)oc2cc(OCCOc3cc(Cl)cnc3Br)ccc12. The van der Waals surface area contributed by atoms with E-state index in [1.807, 2.05) is 19.1 Å². The van der Waals surface area contributed by atoms with Gasteiger partial charge in [-0.3, -0.25) is 0 Å². The van der Waals surface area contributed by atoms with Crippen LogP contribution in [0.1, 0.15) is 5.56 Å². The van der Waals surface area contributed by atoms with Crippen LogP contribution in [0.25, 0.3) is 11.0 Å². The van der Waals surface area contributed by atoms with Crippen LogP contribution in [0.5, 0.6) is 11.5 Å². The van der Waals surface area contributed by atoms with Gasteiger partial charge in [-0.25, -0.2) is 9.78 Å². The Kier molecular flexibility index (Phi) is 5.06. The summed E-state index contributed by atoms with van der Waals surface area (Å²) in [5.74, 6) is 1.15. The fraction of sp³-hybridized carbons (Fsp3) is 0.176. The van der Waals surface area contributed by atoms with Crippen molar-refractivity contribution < 1.29 is 13.9 Å². The molecule has 0 unspecified atom stereocenters. The highest BCUT2D eigenvalue weighted by Crippen LogP contribution is 2.26. The molecule has 0 amide bonds. The molecule has 0 spiro atoms. The molecule has 124 valence electrons. The van der Waals surface area contributed by atoms with E-state index in [9.17, 15) is 4.79 Å². The highest BCUT2D eigenvalue weighted by Gasteiger charge is 2.06. The summed E-state index contributed by atoms with van der Waals surface area (Å²) in [4.78, 5) is 15.5. The zero-order valence-corrected chi connectivity index (χ0v) is 15.1. The van der Waals surface area contributed by atoms with Gasteiger partial charge < -0.3 is 13.9 Å². The molecule has 0 atom stereocenters. The molecule has 0 bridgehead atoms. The molecule has 0 fully saturated rings. The van der Waals surface area contributed by atoms with Crippen LogP contribution < -0.4 is 15.1 Å². The van der Waals surface area contributed by atoms with Crippen LogP contribution in [0, 0.1) is 6.92 Å². The zero-order chi connectivity index (χ0) is 17.1. The van der Waals surface area contributed by atoms with Crippen LogP contribution in [0.4, 0.5) is 0 Å². The van der Waals surface area contributed by atoms with Crippen molar-refractivity contribution in [2.45, 2.75) is 6.92 Å². The number of ether oxygens (including phenoxy) is 2. The summed E-state index contributed by atoms with van der Waals surface area (Å²) in [6, 6.07) is 8.52. The van der Waals surface area contributed by atoms with Crippen molar-refractivity contribution >= 4 is 38.5 Å². The molecule has 0 N–H and O–H groups in total. The van der Waals surface area contributed by atoms with E-state index in [0.29, 0.717) is 39.9 Å². The number of rotatable bonds is 5. The largest absolute Gasteiger partial charge is 0.490 e. The first-order chi connectivity index (χ1) is 11.5. The lowest BCUT2D eigenvalue weighted by atomic mass is 10.1. The molecule has 2 aromatic heterocycles. The van der Waals surface area contributed by atoms with Crippen LogP contribution in [-0.2, 0) is 0 Å². The van der Waals surface area contributed by atoms with Gasteiger partial charge in [0.2, 0.25) is 0 Å². The number of benzene rings is 1. The molecular formula is C17H13BrClNO4. The highest BCUT2D eigenvalue weighted by atomic mass is 79.9. The number of halogens is 2. The van der Waals surface area contributed by atoms with Crippen molar-refractivity contribution in [2.75, 3.05) is 13.2 Å². The maximum atomic E-state index is 11.4. The predicted octanol–water partition coefficient (Wildman–Crippen LogP) is 4.37. The Hall–Kier alpha value is -2.05. The average Bonchev–Trinajstić information content (AvgIpc) is 2.54. The van der Waals surface area contributed by atoms with Gasteiger partial charge in [-0.2, -0.15) is 0 Å². The first kappa shape index (κ1) is 16.8. The van der Waals surface area contributed by atoms with Gasteiger partial charge in [0.1, 0.15) is 29.1 Å². The van der Waals surface area contributed by atoms with E-state index in [0.717, 1.165) is 10.9 Å². The lowest BCUT2D eigenvalue weighted by molar-refractivity contribution is 0.216. The summed E-state index contributed by atoms with van der Waals surface area (Å²) in [6.45, 7) is 2.50. The fourth-order valence-corrected chi connectivity index (χ4v) is 2.69. The molecule has 2 heterocycles. The Balaban J connectivity index is 1.63. The summed E-state index contributed by atoms with van der Waals surface area (Å²) >= 11 is 9.17. The van der Waals surface area contributed by atoms with E-state index in [4.69, 9.17) is 25.5 Å². The Bertz CT molecular complexity index is 942. The molecule has 24 heavy (non-hydrogen) atoms. The monoisotopic (exact) mass is 409 g/mol. The maximum Gasteiger partial charge on any atom is 0.336 e. The third-order valence-corrected chi connectivity index (χ3v) is 4.11. The van der Waals surface area contributed by atoms with E-state index in [-0.39, 0.29) is 5.63 Å². The summed E-state index contributed by atoms with van der Waals surface area (Å²) in [5, 5.41) is 1.38. The standard InChI is InChI=1S/C17H13BrClNO4/c1-10-6-16(21)24-14-8-12(2-3-13(10)14)22-4-5-23-15-7-11(19)9-20-17(15)18/h2-3,6-9H,4-5H2,1H3. The van der Waals surface area contributed by atoms with Crippen molar-refractivity contribution in [2.24, 2.45) is 0 Å². The van der Waals surface area contributed by atoms with Gasteiger partial charge in [-0.1, -0.05) is 11.6 Å². The molecule has 1 aromatic carbocycles. The molecule has 3 aromatic rings. The van der Waals surface area contributed by atoms with Gasteiger partial charge in [0.25, 0.3) is 0 Å². The summed E-state index contributed by atoms with van der Waals surface area (Å²) in [7, 11) is 0. The van der Waals surface area contributed by atoms with E-state index < -0.39 is 0 Å². The maximum absolute atomic E-state index is 11.4. The predicted molar refractivity (Wildman–Crippen MR) is 95.2 cm³/mol. The van der Waals surface area contributed by atoms with Gasteiger partial charge in [-0.05, 0) is 40.5 Å². The third kappa shape index (κ3) is 3.88. The molecular weight excluding hydrogens is 398 g/mol. The van der Waals surface area contributed by atoms with Crippen LogP contribution in [0.2, 0.25) is 5.02 Å². The number of hydrogen-bond donors (Lipinski definition) is 0. The topological polar surface area (TPSA) is 61.6 Å². The first-order valence-electron chi connectivity index (χ1n) is 7.14. The molecule has 0 saturated heterocycles. The zero-order valence-electron chi connectivity index (χ0n) is 12.7. The third-order valence-electron chi connectivity index (χ3n) is 3.31. The molecule has 3 rings (SSSR count). The Morgan fingerprint density at radius 3 is 2.83 bits per heavy atom. The smallest absolute Gasteiger partial charge is 0.336 e. The number of aryl methyl sites for hydroxylation is 1. The van der Waals surface area contributed by atoms with Gasteiger partial charge in [0.05, 0.1) is 5.02 Å². The van der Waals surface area contributed by atoms with E-state index >= 15 is 0 Å². The van der Waals surface area contributed by atoms with Crippen molar-refractivity contribution in [1.29, 1.82) is 0 Å². The quantitative estimate of drug-likeness (QED) is 0.355. The number of aromatic nitrogens is 1. The van der Waals surface area contributed by atoms with Gasteiger partial charge in [0.15, 0.2) is 5.75 Å². The molecule has 0 aliphatic heterocycles. The van der Waals surface area contributed by atoms with E-state index in [2.05, 4.69) is 20.9 Å². The average molecular weight is 411 g/mol. The number of fused-ring (bicyclic) bond motifs is 1. The van der Waals surface area contributed by atoms with E-state index in [1.54, 1.807) is 12.1 Å². The number of hydrogen-bond acceptors (Lipinski definition) is 5. The van der Waals surface area contributed by atoms with Crippen LogP contribution in [-0.4, -0.2) is 18.2 Å². The molecule has 5 nitrogen and oxygen atoms in total. The molecule has 0 aliphatic rings. The van der Waals surface area contributed by atoms with E-state index in [1.165, 1.54) is 12.3 Å². The Morgan fingerprint density at radius 1 is 1.21 bits per heavy atom. The number of pyridine rings is 1. The van der Waals surface area contributed by atoms with Crippen molar-refractivity contribution in [1.82, 2.24) is 4.98 Å². The van der Waals surface area contributed by atoms with Crippen molar-refractivity contribution in [3.8, 4) is 11.5 Å². The van der Waals surface area contributed by atoms with Crippen LogP contribution in [0.15, 0.2) is 50.3 Å². The Morgan fingerprint density at radius 2 is 2.00 bits per heavy atom. The molecule has 0 saturated carbocycles. The van der Waals surface area contributed by atoms with Crippen molar-refractivity contribution in [3.63, 3.8) is 0 Å². The summed E-state index contributed by atoms with van der Waals surface area (Å²) < 4.78 is 17.0. The number of nitrogens with zero attached hydrogens (tertiary/aromatic N) is 1. The minimum atomic E-state index is -0.376. The second-order valence-electron chi connectivity index (χ2n) is 5.05. The molecule has 0 radical (unpaired) electrons. The fourth-order valence-electron chi connectivity index (χ4n) is 2.21. The van der Waals surface area contributed by atoms with Gasteiger partial charge >= 0.3 is 5.63 Å². The first-order valence-corrected chi connectivity index (χ1v) is 8.31.